The molecule has 0 spiro atoms. The van der Waals surface area contributed by atoms with E-state index in [4.69, 9.17) is 10.5 Å². The number of nitrogens with two attached hydrogens (primary N) is 1. The van der Waals surface area contributed by atoms with Crippen molar-refractivity contribution < 1.29 is 4.74 Å². The number of benzene rings is 1. The van der Waals surface area contributed by atoms with Gasteiger partial charge in [0.05, 0.1) is 6.61 Å². The molecule has 0 aliphatic rings. The Morgan fingerprint density at radius 2 is 2.06 bits per heavy atom. The molecule has 0 amide bonds. The van der Waals surface area contributed by atoms with Gasteiger partial charge >= 0.3 is 0 Å². The van der Waals surface area contributed by atoms with Crippen LogP contribution in [0.4, 0.5) is 5.69 Å². The third kappa shape index (κ3) is 4.31. The summed E-state index contributed by atoms with van der Waals surface area (Å²) in [4.78, 5) is 2.38. The van der Waals surface area contributed by atoms with Gasteiger partial charge in [0.1, 0.15) is 0 Å². The van der Waals surface area contributed by atoms with E-state index in [1.807, 2.05) is 0 Å². The maximum Gasteiger partial charge on any atom is 0.0637 e. The Balaban J connectivity index is 2.86. The van der Waals surface area contributed by atoms with Gasteiger partial charge in [-0.1, -0.05) is 19.9 Å². The van der Waals surface area contributed by atoms with Crippen molar-refractivity contribution in [3.8, 4) is 0 Å². The minimum absolute atomic E-state index is 0.606. The average molecular weight is 250 g/mol. The molecular weight excluding hydrogens is 224 g/mol. The van der Waals surface area contributed by atoms with Crippen molar-refractivity contribution in [2.75, 3.05) is 31.7 Å². The van der Waals surface area contributed by atoms with E-state index in [2.05, 4.69) is 43.9 Å². The van der Waals surface area contributed by atoms with Crippen LogP contribution < -0.4 is 10.6 Å². The normalized spacial score (nSPS) is 11.0. The number of ether oxygens (including phenoxy) is 1. The molecule has 0 saturated heterocycles. The van der Waals surface area contributed by atoms with Crippen LogP contribution in [0.2, 0.25) is 0 Å². The van der Waals surface area contributed by atoms with Crippen LogP contribution in [0.25, 0.3) is 0 Å². The second kappa shape index (κ2) is 7.39. The lowest BCUT2D eigenvalue weighted by Crippen LogP contribution is -2.31. The number of methoxy groups -OCH3 is 1. The Hall–Kier alpha value is -1.06. The monoisotopic (exact) mass is 250 g/mol. The topological polar surface area (TPSA) is 38.5 Å². The second-order valence-electron chi connectivity index (χ2n) is 5.15. The van der Waals surface area contributed by atoms with Gasteiger partial charge in [0.15, 0.2) is 0 Å². The van der Waals surface area contributed by atoms with Crippen LogP contribution in [0.5, 0.6) is 0 Å². The third-order valence-electron chi connectivity index (χ3n) is 3.06. The third-order valence-corrected chi connectivity index (χ3v) is 3.06. The summed E-state index contributed by atoms with van der Waals surface area (Å²) < 4.78 is 5.19. The molecule has 0 radical (unpaired) electrons. The molecule has 0 saturated carbocycles. The lowest BCUT2D eigenvalue weighted by Gasteiger charge is -2.27. The molecule has 102 valence electrons. The second-order valence-corrected chi connectivity index (χ2v) is 5.15. The summed E-state index contributed by atoms with van der Waals surface area (Å²) >= 11 is 0. The zero-order chi connectivity index (χ0) is 13.5. The fraction of sp³-hybridized carbons (Fsp3) is 0.600. The highest BCUT2D eigenvalue weighted by Gasteiger charge is 2.09. The van der Waals surface area contributed by atoms with E-state index in [0.29, 0.717) is 12.5 Å². The fourth-order valence-corrected chi connectivity index (χ4v) is 2.07. The first kappa shape index (κ1) is 15.0. The summed E-state index contributed by atoms with van der Waals surface area (Å²) in [5, 5.41) is 0. The molecule has 0 atom stereocenters. The quantitative estimate of drug-likeness (QED) is 0.808. The number of rotatable bonds is 7. The lowest BCUT2D eigenvalue weighted by atomic mass is 10.1. The van der Waals surface area contributed by atoms with Gasteiger partial charge in [-0.15, -0.1) is 0 Å². The van der Waals surface area contributed by atoms with Gasteiger partial charge in [-0.05, 0) is 36.1 Å². The largest absolute Gasteiger partial charge is 0.383 e. The predicted octanol–water partition coefficient (Wildman–Crippen LogP) is 2.56. The molecule has 0 unspecified atom stereocenters. The van der Waals surface area contributed by atoms with Crippen LogP contribution >= 0.6 is 0 Å². The molecule has 2 N–H and O–H groups in total. The first-order valence-electron chi connectivity index (χ1n) is 6.62. The Morgan fingerprint density at radius 3 is 2.56 bits per heavy atom. The fourth-order valence-electron chi connectivity index (χ4n) is 2.07. The minimum Gasteiger partial charge on any atom is -0.383 e. The van der Waals surface area contributed by atoms with Crippen molar-refractivity contribution in [3.05, 3.63) is 29.3 Å². The highest BCUT2D eigenvalue weighted by Crippen LogP contribution is 2.20. The number of anilines is 1. The molecule has 0 fully saturated rings. The molecule has 0 bridgehead atoms. The number of hydrogen-bond acceptors (Lipinski definition) is 3. The zero-order valence-corrected chi connectivity index (χ0v) is 12.1. The molecule has 1 aromatic rings. The van der Waals surface area contributed by atoms with Crippen molar-refractivity contribution >= 4 is 5.69 Å². The number of aryl methyl sites for hydroxylation is 1. The number of nitrogens with zero attached hydrogens (tertiary/aromatic N) is 1. The molecule has 1 rings (SSSR count). The molecule has 0 aliphatic heterocycles. The average Bonchev–Trinajstić information content (AvgIpc) is 2.34. The van der Waals surface area contributed by atoms with Crippen LogP contribution in [0.1, 0.15) is 25.0 Å². The SMILES string of the molecule is COCCN(CC(C)C)c1ccc(CN)c(C)c1. The van der Waals surface area contributed by atoms with Gasteiger partial charge in [0, 0.05) is 32.4 Å². The molecule has 0 aromatic heterocycles. The Morgan fingerprint density at radius 1 is 1.33 bits per heavy atom. The van der Waals surface area contributed by atoms with E-state index < -0.39 is 0 Å². The summed E-state index contributed by atoms with van der Waals surface area (Å²) in [6.45, 7) is 9.93. The summed E-state index contributed by atoms with van der Waals surface area (Å²) in [6.07, 6.45) is 0. The van der Waals surface area contributed by atoms with Crippen molar-refractivity contribution in [1.82, 2.24) is 0 Å². The van der Waals surface area contributed by atoms with Crippen molar-refractivity contribution in [2.45, 2.75) is 27.3 Å². The summed E-state index contributed by atoms with van der Waals surface area (Å²) in [5.41, 5.74) is 9.45. The maximum absolute atomic E-state index is 5.70. The Bertz CT molecular complexity index is 364. The first-order valence-corrected chi connectivity index (χ1v) is 6.62. The van der Waals surface area contributed by atoms with Crippen LogP contribution in [0.3, 0.4) is 0 Å². The molecule has 18 heavy (non-hydrogen) atoms. The molecule has 0 heterocycles. The summed E-state index contributed by atoms with van der Waals surface area (Å²) in [6, 6.07) is 6.51. The van der Waals surface area contributed by atoms with E-state index in [-0.39, 0.29) is 0 Å². The van der Waals surface area contributed by atoms with Gasteiger partial charge in [0.25, 0.3) is 0 Å². The highest BCUT2D eigenvalue weighted by molar-refractivity contribution is 5.51. The van der Waals surface area contributed by atoms with Crippen LogP contribution in [0, 0.1) is 12.8 Å². The predicted molar refractivity (Wildman–Crippen MR) is 78.0 cm³/mol. The smallest absolute Gasteiger partial charge is 0.0637 e. The van der Waals surface area contributed by atoms with Crippen molar-refractivity contribution in [3.63, 3.8) is 0 Å². The highest BCUT2D eigenvalue weighted by atomic mass is 16.5. The zero-order valence-electron chi connectivity index (χ0n) is 12.1. The van der Waals surface area contributed by atoms with Gasteiger partial charge in [0.2, 0.25) is 0 Å². The molecular formula is C15H26N2O. The van der Waals surface area contributed by atoms with E-state index in [9.17, 15) is 0 Å². The molecule has 0 aliphatic carbocycles. The Labute approximate surface area is 111 Å². The standard InChI is InChI=1S/C15H26N2O/c1-12(2)11-17(7-8-18-4)15-6-5-14(10-16)13(3)9-15/h5-6,9,12H,7-8,10-11,16H2,1-4H3. The van der Waals surface area contributed by atoms with Crippen LogP contribution in [-0.2, 0) is 11.3 Å². The summed E-state index contributed by atoms with van der Waals surface area (Å²) in [5.74, 6) is 0.636. The van der Waals surface area contributed by atoms with Crippen molar-refractivity contribution in [1.29, 1.82) is 0 Å². The Kier molecular flexibility index (Phi) is 6.16. The first-order chi connectivity index (χ1) is 8.58. The van der Waals surface area contributed by atoms with Crippen LogP contribution in [0.15, 0.2) is 18.2 Å². The van der Waals surface area contributed by atoms with Crippen molar-refractivity contribution in [2.24, 2.45) is 11.7 Å². The van der Waals surface area contributed by atoms with Gasteiger partial charge in [-0.3, -0.25) is 0 Å². The van der Waals surface area contributed by atoms with Crippen LogP contribution in [-0.4, -0.2) is 26.8 Å². The summed E-state index contributed by atoms with van der Waals surface area (Å²) in [7, 11) is 1.75. The molecule has 3 heteroatoms. The van der Waals surface area contributed by atoms with E-state index in [0.717, 1.165) is 19.7 Å². The van der Waals surface area contributed by atoms with E-state index in [1.165, 1.54) is 16.8 Å². The van der Waals surface area contributed by atoms with Gasteiger partial charge in [-0.2, -0.15) is 0 Å². The molecule has 1 aromatic carbocycles. The maximum atomic E-state index is 5.70. The number of hydrogen-bond donors (Lipinski definition) is 1. The van der Waals surface area contributed by atoms with E-state index >= 15 is 0 Å². The molecule has 3 nitrogen and oxygen atoms in total. The van der Waals surface area contributed by atoms with E-state index in [1.54, 1.807) is 7.11 Å². The minimum atomic E-state index is 0.606. The lowest BCUT2D eigenvalue weighted by molar-refractivity contribution is 0.204. The van der Waals surface area contributed by atoms with Gasteiger partial charge < -0.3 is 15.4 Å². The van der Waals surface area contributed by atoms with Gasteiger partial charge in [-0.25, -0.2) is 0 Å².